The summed E-state index contributed by atoms with van der Waals surface area (Å²) in [6, 6.07) is 19.5. The van der Waals surface area contributed by atoms with Gasteiger partial charge in [-0.2, -0.15) is 0 Å². The topological polar surface area (TPSA) is 92.2 Å². The van der Waals surface area contributed by atoms with Gasteiger partial charge >= 0.3 is 0 Å². The van der Waals surface area contributed by atoms with Crippen LogP contribution in [0.4, 0.5) is 0 Å². The molecule has 2 fully saturated rings. The number of nitrogens with zero attached hydrogens (tertiary/aromatic N) is 3. The molecule has 1 amide bonds. The number of benzene rings is 2. The second-order valence-electron chi connectivity index (χ2n) is 9.03. The summed E-state index contributed by atoms with van der Waals surface area (Å²) in [4.78, 5) is 34.2. The molecule has 3 aromatic rings. The number of amides is 1. The highest BCUT2D eigenvalue weighted by molar-refractivity contribution is 6.46. The zero-order valence-electron chi connectivity index (χ0n) is 20.5. The van der Waals surface area contributed by atoms with Gasteiger partial charge in [0.2, 0.25) is 0 Å². The first-order chi connectivity index (χ1) is 18.1. The molecule has 8 nitrogen and oxygen atoms in total. The maximum absolute atomic E-state index is 13.2. The van der Waals surface area contributed by atoms with E-state index in [0.29, 0.717) is 44.2 Å². The first kappa shape index (κ1) is 24.7. The molecule has 0 saturated carbocycles. The normalized spacial score (nSPS) is 19.8. The quantitative estimate of drug-likeness (QED) is 0.288. The Labute approximate surface area is 215 Å². The van der Waals surface area contributed by atoms with Gasteiger partial charge in [0.1, 0.15) is 18.1 Å². The summed E-state index contributed by atoms with van der Waals surface area (Å²) in [5.74, 6) is -0.870. The third-order valence-electron chi connectivity index (χ3n) is 6.70. The van der Waals surface area contributed by atoms with E-state index in [0.717, 1.165) is 24.2 Å². The number of hydrogen-bond acceptors (Lipinski definition) is 7. The lowest BCUT2D eigenvalue weighted by atomic mass is 9.96. The number of aliphatic hydroxyl groups is 1. The van der Waals surface area contributed by atoms with Gasteiger partial charge in [0.15, 0.2) is 0 Å². The van der Waals surface area contributed by atoms with E-state index in [4.69, 9.17) is 9.47 Å². The van der Waals surface area contributed by atoms with Crippen molar-refractivity contribution >= 4 is 17.4 Å². The molecule has 2 aliphatic rings. The lowest BCUT2D eigenvalue weighted by Gasteiger charge is -2.30. The van der Waals surface area contributed by atoms with Gasteiger partial charge in [-0.05, 0) is 47.5 Å². The summed E-state index contributed by atoms with van der Waals surface area (Å²) in [6.07, 6.45) is 3.24. The number of morpholine rings is 1. The summed E-state index contributed by atoms with van der Waals surface area (Å²) in [7, 11) is 0. The van der Waals surface area contributed by atoms with Gasteiger partial charge in [0, 0.05) is 44.1 Å². The van der Waals surface area contributed by atoms with Crippen molar-refractivity contribution in [1.29, 1.82) is 0 Å². The van der Waals surface area contributed by atoms with Crippen molar-refractivity contribution in [1.82, 2.24) is 14.8 Å². The second kappa shape index (κ2) is 11.4. The number of ether oxygens (including phenoxy) is 2. The molecule has 0 radical (unpaired) electrons. The summed E-state index contributed by atoms with van der Waals surface area (Å²) in [5, 5.41) is 11.3. The zero-order chi connectivity index (χ0) is 25.6. The van der Waals surface area contributed by atoms with Crippen LogP contribution in [0.3, 0.4) is 0 Å². The number of aromatic nitrogens is 1. The molecular weight excluding hydrogens is 470 g/mol. The molecule has 0 bridgehead atoms. The van der Waals surface area contributed by atoms with Crippen LogP contribution in [-0.4, -0.2) is 71.0 Å². The molecule has 190 valence electrons. The van der Waals surface area contributed by atoms with E-state index in [1.165, 1.54) is 0 Å². The standard InChI is InChI=1S/C29H29N3O5/c33-27(23-6-8-24(9-7-23)37-20-21-4-2-1-3-5-21)25-26(22-10-12-30-13-11-22)32(29(35)28(25)34)15-14-31-16-18-36-19-17-31/h1-13,26,33H,14-20H2/t26-/m1/s1. The molecule has 1 N–H and O–H groups in total. The fraction of sp³-hybridized carbons (Fsp3) is 0.276. The van der Waals surface area contributed by atoms with Crippen LogP contribution in [0.25, 0.3) is 5.76 Å². The van der Waals surface area contributed by atoms with Crippen molar-refractivity contribution in [3.05, 3.63) is 101 Å². The summed E-state index contributed by atoms with van der Waals surface area (Å²) in [5.41, 5.74) is 2.29. The molecule has 1 aromatic heterocycles. The zero-order valence-corrected chi connectivity index (χ0v) is 20.5. The first-order valence-electron chi connectivity index (χ1n) is 12.4. The summed E-state index contributed by atoms with van der Waals surface area (Å²) in [6.45, 7) is 4.26. The summed E-state index contributed by atoms with van der Waals surface area (Å²) < 4.78 is 11.3. The average Bonchev–Trinajstić information content (AvgIpc) is 3.21. The van der Waals surface area contributed by atoms with Crippen molar-refractivity contribution in [3.63, 3.8) is 0 Å². The van der Waals surface area contributed by atoms with E-state index >= 15 is 0 Å². The molecule has 2 aliphatic heterocycles. The highest BCUT2D eigenvalue weighted by atomic mass is 16.5. The van der Waals surface area contributed by atoms with Crippen LogP contribution in [0.1, 0.15) is 22.7 Å². The van der Waals surface area contributed by atoms with Crippen molar-refractivity contribution in [2.45, 2.75) is 12.6 Å². The van der Waals surface area contributed by atoms with Crippen LogP contribution in [0.5, 0.6) is 5.75 Å². The number of rotatable bonds is 8. The Morgan fingerprint density at radius 1 is 0.946 bits per heavy atom. The van der Waals surface area contributed by atoms with Gasteiger partial charge in [-0.1, -0.05) is 30.3 Å². The van der Waals surface area contributed by atoms with Crippen LogP contribution in [-0.2, 0) is 20.9 Å². The van der Waals surface area contributed by atoms with E-state index < -0.39 is 17.7 Å². The smallest absolute Gasteiger partial charge is 0.295 e. The van der Waals surface area contributed by atoms with Crippen LogP contribution >= 0.6 is 0 Å². The van der Waals surface area contributed by atoms with Gasteiger partial charge < -0.3 is 19.5 Å². The minimum atomic E-state index is -0.696. The van der Waals surface area contributed by atoms with E-state index in [2.05, 4.69) is 9.88 Å². The van der Waals surface area contributed by atoms with Crippen LogP contribution in [0, 0.1) is 0 Å². The number of carbonyl (C=O) groups excluding carboxylic acids is 2. The van der Waals surface area contributed by atoms with Crippen molar-refractivity contribution in [3.8, 4) is 5.75 Å². The molecule has 3 heterocycles. The third-order valence-corrected chi connectivity index (χ3v) is 6.70. The van der Waals surface area contributed by atoms with Crippen molar-refractivity contribution < 1.29 is 24.2 Å². The van der Waals surface area contributed by atoms with E-state index in [-0.39, 0.29) is 11.3 Å². The number of carbonyl (C=O) groups is 2. The summed E-state index contributed by atoms with van der Waals surface area (Å²) >= 11 is 0. The number of aliphatic hydroxyl groups excluding tert-OH is 1. The predicted octanol–water partition coefficient (Wildman–Crippen LogP) is 3.41. The first-order valence-corrected chi connectivity index (χ1v) is 12.4. The highest BCUT2D eigenvalue weighted by Gasteiger charge is 2.46. The number of hydrogen-bond donors (Lipinski definition) is 1. The average molecular weight is 500 g/mol. The Kier molecular flexibility index (Phi) is 7.58. The number of ketones is 1. The highest BCUT2D eigenvalue weighted by Crippen LogP contribution is 2.39. The van der Waals surface area contributed by atoms with Crippen LogP contribution < -0.4 is 4.74 Å². The monoisotopic (exact) mass is 499 g/mol. The molecule has 2 saturated heterocycles. The van der Waals surface area contributed by atoms with E-state index in [1.807, 2.05) is 30.3 Å². The van der Waals surface area contributed by atoms with Gasteiger partial charge in [0.25, 0.3) is 11.7 Å². The Morgan fingerprint density at radius 3 is 2.35 bits per heavy atom. The lowest BCUT2D eigenvalue weighted by Crippen LogP contribution is -2.42. The number of pyridine rings is 1. The molecule has 0 unspecified atom stereocenters. The molecule has 8 heteroatoms. The minimum absolute atomic E-state index is 0.0798. The lowest BCUT2D eigenvalue weighted by molar-refractivity contribution is -0.140. The SMILES string of the molecule is O=C1C(=O)N(CCN2CCOCC2)[C@H](c2ccncc2)C1=C(O)c1ccc(OCc2ccccc2)cc1. The van der Waals surface area contributed by atoms with Gasteiger partial charge in [-0.15, -0.1) is 0 Å². The van der Waals surface area contributed by atoms with Gasteiger partial charge in [0.05, 0.1) is 24.8 Å². The predicted molar refractivity (Wildman–Crippen MR) is 138 cm³/mol. The molecule has 5 rings (SSSR count). The fourth-order valence-corrected chi connectivity index (χ4v) is 4.68. The molecule has 2 aromatic carbocycles. The largest absolute Gasteiger partial charge is 0.507 e. The van der Waals surface area contributed by atoms with Gasteiger partial charge in [-0.3, -0.25) is 19.5 Å². The molecule has 0 aliphatic carbocycles. The molecule has 1 atom stereocenters. The molecule has 0 spiro atoms. The Hall–Kier alpha value is -4.01. The maximum Gasteiger partial charge on any atom is 0.295 e. The van der Waals surface area contributed by atoms with Crippen LogP contribution in [0.2, 0.25) is 0 Å². The Morgan fingerprint density at radius 2 is 1.65 bits per heavy atom. The Bertz CT molecular complexity index is 1260. The number of likely N-dealkylation sites (tertiary alicyclic amines) is 1. The van der Waals surface area contributed by atoms with Gasteiger partial charge in [-0.25, -0.2) is 0 Å². The fourth-order valence-electron chi connectivity index (χ4n) is 4.68. The second-order valence-corrected chi connectivity index (χ2v) is 9.03. The van der Waals surface area contributed by atoms with Crippen molar-refractivity contribution in [2.75, 3.05) is 39.4 Å². The minimum Gasteiger partial charge on any atom is -0.507 e. The third kappa shape index (κ3) is 5.55. The molecular formula is C29H29N3O5. The number of Topliss-reactive ketones (excluding diaryl/α,β-unsaturated/α-hetero) is 1. The van der Waals surface area contributed by atoms with Crippen molar-refractivity contribution in [2.24, 2.45) is 0 Å². The van der Waals surface area contributed by atoms with E-state index in [9.17, 15) is 14.7 Å². The van der Waals surface area contributed by atoms with Crippen LogP contribution in [0.15, 0.2) is 84.7 Å². The Balaban J connectivity index is 1.40. The maximum atomic E-state index is 13.2. The molecule has 37 heavy (non-hydrogen) atoms. The van der Waals surface area contributed by atoms with E-state index in [1.54, 1.807) is 53.7 Å².